The summed E-state index contributed by atoms with van der Waals surface area (Å²) < 4.78 is 50.8. The van der Waals surface area contributed by atoms with Crippen LogP contribution in [0.3, 0.4) is 0 Å². The SMILES string of the molecule is [2H]C([2H])([2H])c1c[c-]c(-c2cc(C([2H])(C)C)c([Si](C)(C)C)cn2)cc1.[2H]C([2H])(c1ccnc(-c2[c-]ccc3c2sc2ccc(-c4ccccc4)cc23)c1)C1CCCC1.[Ir]. The molecule has 0 unspecified atom stereocenters. The second-order valence-electron chi connectivity index (χ2n) is 14.7. The molecule has 52 heavy (non-hydrogen) atoms. The third kappa shape index (κ3) is 8.56. The van der Waals surface area contributed by atoms with E-state index in [0.717, 1.165) is 64.0 Å². The maximum Gasteiger partial charge on any atom is 0.0799 e. The summed E-state index contributed by atoms with van der Waals surface area (Å²) in [5.41, 5.74) is 7.64. The molecule has 0 aliphatic heterocycles. The molecule has 0 saturated heterocycles. The number of benzene rings is 4. The average Bonchev–Trinajstić information content (AvgIpc) is 3.87. The molecule has 7 aromatic rings. The molecule has 3 aromatic heterocycles. The van der Waals surface area contributed by atoms with E-state index >= 15 is 0 Å². The van der Waals surface area contributed by atoms with Crippen molar-refractivity contribution in [2.24, 2.45) is 5.92 Å². The first-order chi connectivity index (χ1) is 26.9. The Labute approximate surface area is 337 Å². The number of aryl methyl sites for hydroxylation is 1. The van der Waals surface area contributed by atoms with E-state index in [1.807, 2.05) is 50.4 Å². The summed E-state index contributed by atoms with van der Waals surface area (Å²) in [4.78, 5) is 9.20. The standard InChI is InChI=1S/C29H24NS.C18H24NSi.Ir/c1-2-9-22(10-3-1)23-13-14-28-26(19-23)24-11-6-12-25(29(24)31-28)27-18-21(15-16-30-27)17-20-7-4-5-8-20;1-13(2)16-11-17(15-9-7-14(3)8-10-15)19-12-18(16)20(4,5)6;/h1-3,6,9-11,13-16,18-20H,4-5,7-8,17H2;7-9,11-13H,1-6H3;/q2*-1;/i17D2;3D3,13D;. The molecule has 4 aromatic carbocycles. The number of aromatic nitrogens is 2. The molecular formula is C47H48IrN2SSi-2. The number of fused-ring (bicyclic) bond motifs is 3. The Morgan fingerprint density at radius 2 is 1.69 bits per heavy atom. The molecule has 2 nitrogen and oxygen atoms in total. The minimum atomic E-state index is -2.13. The van der Waals surface area contributed by atoms with E-state index in [1.54, 1.807) is 29.7 Å². The van der Waals surface area contributed by atoms with Gasteiger partial charge < -0.3 is 9.97 Å². The van der Waals surface area contributed by atoms with Gasteiger partial charge in [0.1, 0.15) is 0 Å². The molecule has 1 saturated carbocycles. The van der Waals surface area contributed by atoms with E-state index in [0.29, 0.717) is 0 Å². The summed E-state index contributed by atoms with van der Waals surface area (Å²) in [6, 6.07) is 38.3. The Bertz CT molecular complexity index is 2520. The van der Waals surface area contributed by atoms with Gasteiger partial charge in [0.2, 0.25) is 0 Å². The summed E-state index contributed by atoms with van der Waals surface area (Å²) in [7, 11) is -1.61. The van der Waals surface area contributed by atoms with E-state index in [9.17, 15) is 0 Å². The second kappa shape index (κ2) is 16.5. The first kappa shape index (κ1) is 30.7. The van der Waals surface area contributed by atoms with Crippen molar-refractivity contribution in [3.05, 3.63) is 138 Å². The van der Waals surface area contributed by atoms with Crippen LogP contribution in [-0.2, 0) is 26.5 Å². The number of thiophene rings is 1. The summed E-state index contributed by atoms with van der Waals surface area (Å²) in [6.45, 7) is 8.38. The molecule has 1 radical (unpaired) electrons. The Balaban J connectivity index is 0.000000203. The van der Waals surface area contributed by atoms with E-state index < -0.39 is 27.2 Å². The molecule has 8 rings (SSSR count). The van der Waals surface area contributed by atoms with E-state index in [4.69, 9.17) is 8.22 Å². The quantitative estimate of drug-likeness (QED) is 0.118. The van der Waals surface area contributed by atoms with Crippen molar-refractivity contribution >= 4 is 44.8 Å². The van der Waals surface area contributed by atoms with Crippen LogP contribution in [-0.4, -0.2) is 18.0 Å². The summed E-state index contributed by atoms with van der Waals surface area (Å²) in [5.74, 6) is -0.625. The molecule has 0 spiro atoms. The number of pyridine rings is 2. The fraction of sp³-hybridized carbons (Fsp3) is 0.277. The molecule has 0 atom stereocenters. The van der Waals surface area contributed by atoms with Crippen LogP contribution in [0.25, 0.3) is 53.8 Å². The third-order valence-electron chi connectivity index (χ3n) is 9.62. The van der Waals surface area contributed by atoms with Gasteiger partial charge in [-0.05, 0) is 74.2 Å². The van der Waals surface area contributed by atoms with Gasteiger partial charge >= 0.3 is 0 Å². The van der Waals surface area contributed by atoms with Gasteiger partial charge in [-0.25, -0.2) is 0 Å². The zero-order valence-electron chi connectivity index (χ0n) is 36.4. The predicted molar refractivity (Wildman–Crippen MR) is 223 cm³/mol. The number of rotatable bonds is 7. The third-order valence-corrected chi connectivity index (χ3v) is 12.8. The van der Waals surface area contributed by atoms with Gasteiger partial charge in [0.25, 0.3) is 0 Å². The number of hydrogen-bond donors (Lipinski definition) is 0. The molecule has 0 bridgehead atoms. The Morgan fingerprint density at radius 3 is 2.40 bits per heavy atom. The summed E-state index contributed by atoms with van der Waals surface area (Å²) in [5, 5.41) is 3.63. The van der Waals surface area contributed by atoms with Crippen LogP contribution in [0.2, 0.25) is 19.6 Å². The second-order valence-corrected chi connectivity index (χ2v) is 20.8. The van der Waals surface area contributed by atoms with E-state index in [-0.39, 0.29) is 31.6 Å². The molecule has 267 valence electrons. The van der Waals surface area contributed by atoms with Crippen LogP contribution in [0.15, 0.2) is 109 Å². The van der Waals surface area contributed by atoms with Crippen molar-refractivity contribution in [1.82, 2.24) is 9.97 Å². The Hall–Kier alpha value is -3.73. The van der Waals surface area contributed by atoms with Crippen LogP contribution in [0.1, 0.15) is 70.3 Å². The van der Waals surface area contributed by atoms with Gasteiger partial charge in [-0.2, -0.15) is 11.3 Å². The van der Waals surface area contributed by atoms with Crippen molar-refractivity contribution in [3.8, 4) is 33.6 Å². The van der Waals surface area contributed by atoms with Crippen LogP contribution in [0, 0.1) is 24.9 Å². The Morgan fingerprint density at radius 1 is 0.885 bits per heavy atom. The summed E-state index contributed by atoms with van der Waals surface area (Å²) >= 11 is 1.76. The fourth-order valence-corrected chi connectivity index (χ4v) is 9.67. The van der Waals surface area contributed by atoms with Crippen molar-refractivity contribution < 1.29 is 28.3 Å². The smallest absolute Gasteiger partial charge is 0.0799 e. The van der Waals surface area contributed by atoms with Crippen LogP contribution >= 0.6 is 11.3 Å². The molecule has 1 aliphatic carbocycles. The molecular weight excluding hydrogens is 845 g/mol. The molecule has 5 heteroatoms. The van der Waals surface area contributed by atoms with Crippen LogP contribution < -0.4 is 5.19 Å². The van der Waals surface area contributed by atoms with Gasteiger partial charge in [0, 0.05) is 45.4 Å². The van der Waals surface area contributed by atoms with E-state index in [1.165, 1.54) is 37.9 Å². The molecule has 3 heterocycles. The zero-order chi connectivity index (χ0) is 40.8. The topological polar surface area (TPSA) is 25.8 Å². The maximum atomic E-state index is 8.81. The van der Waals surface area contributed by atoms with Gasteiger partial charge in [-0.3, -0.25) is 0 Å². The fourth-order valence-electron chi connectivity index (χ4n) is 6.90. The van der Waals surface area contributed by atoms with Crippen LogP contribution in [0.5, 0.6) is 0 Å². The predicted octanol–water partition coefficient (Wildman–Crippen LogP) is 12.8. The van der Waals surface area contributed by atoms with Crippen molar-refractivity contribution in [2.75, 3.05) is 0 Å². The van der Waals surface area contributed by atoms with E-state index in [2.05, 4.69) is 90.3 Å². The van der Waals surface area contributed by atoms with Crippen molar-refractivity contribution in [2.45, 2.75) is 78.3 Å². The normalized spacial score (nSPS) is 15.7. The van der Waals surface area contributed by atoms with Crippen molar-refractivity contribution in [3.63, 3.8) is 0 Å². The molecule has 1 aliphatic rings. The molecule has 1 fully saturated rings. The number of hydrogen-bond acceptors (Lipinski definition) is 3. The van der Waals surface area contributed by atoms with Crippen molar-refractivity contribution in [1.29, 1.82) is 0 Å². The number of nitrogens with zero attached hydrogens (tertiary/aromatic N) is 2. The average molecular weight is 899 g/mol. The maximum absolute atomic E-state index is 8.81. The first-order valence-electron chi connectivity index (χ1n) is 20.8. The van der Waals surface area contributed by atoms with Gasteiger partial charge in [-0.1, -0.05) is 131 Å². The Kier molecular flexibility index (Phi) is 9.75. The summed E-state index contributed by atoms with van der Waals surface area (Å²) in [6.07, 6.45) is 6.50. The van der Waals surface area contributed by atoms with Gasteiger partial charge in [-0.15, -0.1) is 59.2 Å². The minimum absolute atomic E-state index is 0. The molecule has 0 N–H and O–H groups in total. The molecule has 0 amide bonds. The first-order valence-corrected chi connectivity index (χ1v) is 22.2. The largest absolute Gasteiger partial charge is 0.305 e. The minimum Gasteiger partial charge on any atom is -0.305 e. The van der Waals surface area contributed by atoms with Gasteiger partial charge in [0.05, 0.1) is 8.07 Å². The monoisotopic (exact) mass is 899 g/mol. The van der Waals surface area contributed by atoms with Gasteiger partial charge in [0.15, 0.2) is 0 Å². The van der Waals surface area contributed by atoms with Crippen LogP contribution in [0.4, 0.5) is 0 Å². The zero-order valence-corrected chi connectivity index (χ0v) is 34.6.